The molecule has 7 nitrogen and oxygen atoms in total. The van der Waals surface area contributed by atoms with Crippen LogP contribution in [0.3, 0.4) is 0 Å². The number of methoxy groups -OCH3 is 1. The van der Waals surface area contributed by atoms with Crippen LogP contribution in [0.2, 0.25) is 0 Å². The van der Waals surface area contributed by atoms with E-state index in [1.54, 1.807) is 42.0 Å². The summed E-state index contributed by atoms with van der Waals surface area (Å²) >= 11 is 6.46. The van der Waals surface area contributed by atoms with Crippen LogP contribution in [0.4, 0.5) is 5.69 Å². The number of nitrogens with one attached hydrogen (secondary N) is 1. The Labute approximate surface area is 158 Å². The lowest BCUT2D eigenvalue weighted by Gasteiger charge is -2.08. The number of ether oxygens (including phenoxy) is 1. The molecular formula is C17H16N4O3S2. The zero-order valence-electron chi connectivity index (χ0n) is 14.0. The van der Waals surface area contributed by atoms with Crippen LogP contribution in [-0.4, -0.2) is 27.1 Å². The van der Waals surface area contributed by atoms with Gasteiger partial charge in [0, 0.05) is 18.3 Å². The summed E-state index contributed by atoms with van der Waals surface area (Å²) in [5, 5.41) is 2.74. The van der Waals surface area contributed by atoms with E-state index in [2.05, 4.69) is 16.9 Å². The monoisotopic (exact) mass is 388 g/mol. The number of hydrogen-bond donors (Lipinski definition) is 1. The van der Waals surface area contributed by atoms with Gasteiger partial charge < -0.3 is 14.6 Å². The highest BCUT2D eigenvalue weighted by Crippen LogP contribution is 2.18. The average molecular weight is 388 g/mol. The van der Waals surface area contributed by atoms with Crippen molar-refractivity contribution in [2.24, 2.45) is 0 Å². The van der Waals surface area contributed by atoms with E-state index in [1.165, 1.54) is 22.2 Å². The zero-order valence-corrected chi connectivity index (χ0v) is 15.6. The highest BCUT2D eigenvalue weighted by molar-refractivity contribution is 7.73. The van der Waals surface area contributed by atoms with Gasteiger partial charge in [-0.05, 0) is 24.4 Å². The number of carbonyl (C=O) groups excluding carboxylic acids is 1. The molecule has 9 heteroatoms. The maximum absolute atomic E-state index is 12.6. The van der Waals surface area contributed by atoms with Gasteiger partial charge in [-0.25, -0.2) is 4.98 Å². The molecule has 1 amide bonds. The summed E-state index contributed by atoms with van der Waals surface area (Å²) in [6.07, 6.45) is 3.05. The smallest absolute Gasteiger partial charge is 0.273 e. The second kappa shape index (κ2) is 7.63. The molecule has 2 aromatic heterocycles. The van der Waals surface area contributed by atoms with Gasteiger partial charge in [0.1, 0.15) is 23.3 Å². The van der Waals surface area contributed by atoms with E-state index in [9.17, 15) is 9.59 Å². The molecular weight excluding hydrogens is 372 g/mol. The van der Waals surface area contributed by atoms with E-state index in [0.717, 1.165) is 0 Å². The number of fused-ring (bicyclic) bond motifs is 1. The van der Waals surface area contributed by atoms with Gasteiger partial charge in [-0.15, -0.1) is 6.58 Å². The van der Waals surface area contributed by atoms with Crippen LogP contribution in [0.25, 0.3) is 10.3 Å². The van der Waals surface area contributed by atoms with Crippen molar-refractivity contribution in [3.05, 3.63) is 57.6 Å². The second-order valence-corrected chi connectivity index (χ2v) is 7.02. The van der Waals surface area contributed by atoms with Gasteiger partial charge in [0.05, 0.1) is 7.11 Å². The molecule has 3 rings (SSSR count). The molecule has 26 heavy (non-hydrogen) atoms. The Balaban J connectivity index is 1.85. The van der Waals surface area contributed by atoms with Crippen LogP contribution < -0.4 is 15.6 Å². The van der Waals surface area contributed by atoms with Crippen LogP contribution in [0, 0.1) is 3.95 Å². The number of thiazole rings is 1. The lowest BCUT2D eigenvalue weighted by molar-refractivity contribution is -0.116. The Kier molecular flexibility index (Phi) is 5.29. The lowest BCUT2D eigenvalue weighted by Crippen LogP contribution is -2.27. The normalized spacial score (nSPS) is 10.7. The molecule has 2 heterocycles. The van der Waals surface area contributed by atoms with E-state index >= 15 is 0 Å². The molecule has 1 N–H and O–H groups in total. The Morgan fingerprint density at radius 1 is 1.50 bits per heavy atom. The Morgan fingerprint density at radius 3 is 3.04 bits per heavy atom. The minimum atomic E-state index is -0.337. The molecule has 0 aliphatic heterocycles. The van der Waals surface area contributed by atoms with Crippen molar-refractivity contribution in [2.75, 3.05) is 12.4 Å². The van der Waals surface area contributed by atoms with Crippen LogP contribution >= 0.6 is 23.6 Å². The molecule has 3 aromatic rings. The molecule has 0 spiro atoms. The summed E-state index contributed by atoms with van der Waals surface area (Å²) in [5.41, 5.74) is 0.799. The van der Waals surface area contributed by atoms with Gasteiger partial charge in [0.2, 0.25) is 5.91 Å². The zero-order chi connectivity index (χ0) is 18.7. The van der Waals surface area contributed by atoms with Crippen LogP contribution in [0.15, 0.2) is 48.0 Å². The first-order valence-corrected chi connectivity index (χ1v) is 8.89. The number of amides is 1. The standard InChI is InChI=1S/C17H16N4O3S2/c1-3-7-21-15-14(26-17(21)25)16(23)20(10-18-15)9-13(22)19-11-5-4-6-12(8-11)24-2/h3-6,8,10H,1,7,9H2,2H3,(H,19,22). The molecule has 0 saturated heterocycles. The Hall–Kier alpha value is -2.78. The quantitative estimate of drug-likeness (QED) is 0.519. The van der Waals surface area contributed by atoms with Gasteiger partial charge in [-0.2, -0.15) is 0 Å². The number of hydrogen-bond acceptors (Lipinski definition) is 6. The van der Waals surface area contributed by atoms with Gasteiger partial charge >= 0.3 is 0 Å². The van der Waals surface area contributed by atoms with Gasteiger partial charge in [-0.3, -0.25) is 14.2 Å². The molecule has 134 valence electrons. The third-order valence-corrected chi connectivity index (χ3v) is 5.05. The summed E-state index contributed by atoms with van der Waals surface area (Å²) in [5.74, 6) is 0.294. The topological polar surface area (TPSA) is 78.2 Å². The molecule has 0 aliphatic rings. The molecule has 0 bridgehead atoms. The van der Waals surface area contributed by atoms with Crippen LogP contribution in [-0.2, 0) is 17.9 Å². The van der Waals surface area contributed by atoms with Gasteiger partial charge in [0.15, 0.2) is 9.60 Å². The van der Waals surface area contributed by atoms with E-state index in [-0.39, 0.29) is 18.0 Å². The first kappa shape index (κ1) is 18.0. The summed E-state index contributed by atoms with van der Waals surface area (Å²) < 4.78 is 9.10. The minimum absolute atomic E-state index is 0.148. The fraction of sp³-hybridized carbons (Fsp3) is 0.176. The van der Waals surface area contributed by atoms with Crippen molar-refractivity contribution < 1.29 is 9.53 Å². The van der Waals surface area contributed by atoms with Crippen molar-refractivity contribution in [1.82, 2.24) is 14.1 Å². The highest BCUT2D eigenvalue weighted by Gasteiger charge is 2.13. The number of nitrogens with zero attached hydrogens (tertiary/aromatic N) is 3. The summed E-state index contributed by atoms with van der Waals surface area (Å²) in [7, 11) is 1.55. The number of benzene rings is 1. The molecule has 0 radical (unpaired) electrons. The summed E-state index contributed by atoms with van der Waals surface area (Å²) in [4.78, 5) is 29.2. The largest absolute Gasteiger partial charge is 0.497 e. The van der Waals surface area contributed by atoms with Gasteiger partial charge in [0.25, 0.3) is 5.56 Å². The van der Waals surface area contributed by atoms with Crippen LogP contribution in [0.1, 0.15) is 0 Å². The first-order valence-electron chi connectivity index (χ1n) is 7.67. The number of anilines is 1. The fourth-order valence-electron chi connectivity index (χ4n) is 2.43. The third-order valence-electron chi connectivity index (χ3n) is 3.62. The average Bonchev–Trinajstić information content (AvgIpc) is 2.94. The first-order chi connectivity index (χ1) is 12.5. The molecule has 0 fully saturated rings. The maximum Gasteiger partial charge on any atom is 0.273 e. The molecule has 0 aliphatic carbocycles. The summed E-state index contributed by atoms with van der Waals surface area (Å²) in [6, 6.07) is 6.98. The van der Waals surface area contributed by atoms with E-state index in [4.69, 9.17) is 17.0 Å². The Morgan fingerprint density at radius 2 is 2.31 bits per heavy atom. The number of rotatable bonds is 6. The van der Waals surface area contributed by atoms with E-state index in [0.29, 0.717) is 32.3 Å². The van der Waals surface area contributed by atoms with E-state index in [1.807, 2.05) is 0 Å². The number of carbonyl (C=O) groups is 1. The minimum Gasteiger partial charge on any atom is -0.497 e. The lowest BCUT2D eigenvalue weighted by atomic mass is 10.3. The molecule has 0 saturated carbocycles. The Bertz CT molecular complexity index is 1100. The molecule has 1 aromatic carbocycles. The van der Waals surface area contributed by atoms with Crippen molar-refractivity contribution in [1.29, 1.82) is 0 Å². The van der Waals surface area contributed by atoms with Crippen molar-refractivity contribution in [3.8, 4) is 5.75 Å². The second-order valence-electron chi connectivity index (χ2n) is 5.38. The maximum atomic E-state index is 12.6. The molecule has 0 unspecified atom stereocenters. The van der Waals surface area contributed by atoms with Crippen molar-refractivity contribution >= 4 is 45.5 Å². The number of allylic oxidation sites excluding steroid dienone is 1. The van der Waals surface area contributed by atoms with Gasteiger partial charge in [-0.1, -0.05) is 23.5 Å². The highest BCUT2D eigenvalue weighted by atomic mass is 32.1. The fourth-order valence-corrected chi connectivity index (χ4v) is 3.75. The predicted octanol–water partition coefficient (Wildman–Crippen LogP) is 2.82. The summed E-state index contributed by atoms with van der Waals surface area (Å²) in [6.45, 7) is 4.01. The van der Waals surface area contributed by atoms with Crippen molar-refractivity contribution in [2.45, 2.75) is 13.1 Å². The molecule has 0 atom stereocenters. The van der Waals surface area contributed by atoms with Crippen molar-refractivity contribution in [3.63, 3.8) is 0 Å². The van der Waals surface area contributed by atoms with Crippen LogP contribution in [0.5, 0.6) is 5.75 Å². The SMILES string of the molecule is C=CCn1c(=S)sc2c(=O)n(CC(=O)Nc3cccc(OC)c3)cnc21. The third kappa shape index (κ3) is 3.58. The predicted molar refractivity (Wildman–Crippen MR) is 105 cm³/mol. The van der Waals surface area contributed by atoms with E-state index < -0.39 is 0 Å². The number of aromatic nitrogens is 3.